The minimum atomic E-state index is 0.437. The topological polar surface area (TPSA) is 17.1 Å². The number of hydrogen-bond donors (Lipinski definition) is 0. The molecule has 0 aromatic rings. The molecule has 2 bridgehead atoms. The molecule has 2 rings (SSSR count). The molecule has 0 radical (unpaired) electrons. The van der Waals surface area contributed by atoms with Gasteiger partial charge in [0.25, 0.3) is 0 Å². The molecule has 0 amide bonds. The lowest BCUT2D eigenvalue weighted by atomic mass is 9.86. The molecule has 10 heavy (non-hydrogen) atoms. The Bertz CT molecular complexity index is 162. The summed E-state index contributed by atoms with van der Waals surface area (Å²) in [6.45, 7) is 1.76. The summed E-state index contributed by atoms with van der Waals surface area (Å²) in [5, 5.41) is 0. The molecule has 2 aliphatic carbocycles. The monoisotopic (exact) mass is 138 g/mol. The average Bonchev–Trinajstić information content (AvgIpc) is 2.44. The fraction of sp³-hybridized carbons (Fsp3) is 0.889. The van der Waals surface area contributed by atoms with Gasteiger partial charge in [-0.1, -0.05) is 6.42 Å². The average molecular weight is 138 g/mol. The standard InChI is InChI=1S/C9H14O/c1-6(10)9-5-7-2-3-8(9)4-7/h7-9H,2-5H2,1H3/t7-,8-,9?/m0/s1. The molecule has 0 saturated heterocycles. The van der Waals surface area contributed by atoms with E-state index in [-0.39, 0.29) is 0 Å². The van der Waals surface area contributed by atoms with E-state index in [4.69, 9.17) is 0 Å². The molecule has 0 aliphatic heterocycles. The first kappa shape index (κ1) is 6.38. The van der Waals surface area contributed by atoms with E-state index >= 15 is 0 Å². The highest BCUT2D eigenvalue weighted by atomic mass is 16.1. The van der Waals surface area contributed by atoms with Gasteiger partial charge >= 0.3 is 0 Å². The minimum absolute atomic E-state index is 0.437. The van der Waals surface area contributed by atoms with Gasteiger partial charge in [0.05, 0.1) is 0 Å². The molecule has 2 saturated carbocycles. The van der Waals surface area contributed by atoms with Crippen molar-refractivity contribution >= 4 is 5.78 Å². The molecular weight excluding hydrogens is 124 g/mol. The summed E-state index contributed by atoms with van der Waals surface area (Å²) in [7, 11) is 0. The fourth-order valence-corrected chi connectivity index (χ4v) is 2.74. The van der Waals surface area contributed by atoms with Crippen LogP contribution in [-0.2, 0) is 4.79 Å². The molecule has 2 fully saturated rings. The lowest BCUT2D eigenvalue weighted by Gasteiger charge is -2.17. The summed E-state index contributed by atoms with van der Waals surface area (Å²) in [4.78, 5) is 11.0. The first-order valence-corrected chi connectivity index (χ1v) is 4.28. The number of ketones is 1. The van der Waals surface area contributed by atoms with Crippen molar-refractivity contribution in [3.05, 3.63) is 0 Å². The Kier molecular flexibility index (Phi) is 1.33. The van der Waals surface area contributed by atoms with E-state index in [0.717, 1.165) is 11.8 Å². The fourth-order valence-electron chi connectivity index (χ4n) is 2.74. The molecule has 56 valence electrons. The summed E-state index contributed by atoms with van der Waals surface area (Å²) < 4.78 is 0. The van der Waals surface area contributed by atoms with E-state index in [0.29, 0.717) is 11.7 Å². The van der Waals surface area contributed by atoms with Gasteiger partial charge in [0.1, 0.15) is 5.78 Å². The van der Waals surface area contributed by atoms with Gasteiger partial charge in [-0.05, 0) is 38.0 Å². The van der Waals surface area contributed by atoms with Gasteiger partial charge in [-0.3, -0.25) is 4.79 Å². The summed E-state index contributed by atoms with van der Waals surface area (Å²) in [6.07, 6.45) is 5.29. The van der Waals surface area contributed by atoms with Gasteiger partial charge in [0, 0.05) is 5.92 Å². The zero-order valence-electron chi connectivity index (χ0n) is 6.47. The molecule has 1 heteroatoms. The maximum absolute atomic E-state index is 11.0. The first-order chi connectivity index (χ1) is 4.77. The highest BCUT2D eigenvalue weighted by Gasteiger charge is 2.41. The van der Waals surface area contributed by atoms with Crippen LogP contribution in [0.3, 0.4) is 0 Å². The summed E-state index contributed by atoms with van der Waals surface area (Å²) in [5.41, 5.74) is 0. The number of carbonyl (C=O) groups excluding carboxylic acids is 1. The van der Waals surface area contributed by atoms with Crippen molar-refractivity contribution in [1.82, 2.24) is 0 Å². The normalized spacial score (nSPS) is 44.3. The van der Waals surface area contributed by atoms with Crippen LogP contribution in [0.1, 0.15) is 32.6 Å². The molecule has 1 nitrogen and oxygen atoms in total. The number of rotatable bonds is 1. The highest BCUT2D eigenvalue weighted by molar-refractivity contribution is 5.79. The molecule has 0 heterocycles. The van der Waals surface area contributed by atoms with Crippen molar-refractivity contribution in [3.8, 4) is 0 Å². The van der Waals surface area contributed by atoms with Crippen molar-refractivity contribution in [2.24, 2.45) is 17.8 Å². The Labute approximate surface area is 61.8 Å². The molecule has 3 atom stereocenters. The van der Waals surface area contributed by atoms with Crippen LogP contribution < -0.4 is 0 Å². The Morgan fingerprint density at radius 1 is 1.30 bits per heavy atom. The number of fused-ring (bicyclic) bond motifs is 2. The molecule has 0 spiro atoms. The van der Waals surface area contributed by atoms with Crippen LogP contribution in [0.5, 0.6) is 0 Å². The molecular formula is C9H14O. The minimum Gasteiger partial charge on any atom is -0.300 e. The summed E-state index contributed by atoms with van der Waals surface area (Å²) >= 11 is 0. The molecule has 1 unspecified atom stereocenters. The third kappa shape index (κ3) is 0.799. The second kappa shape index (κ2) is 2.08. The van der Waals surface area contributed by atoms with Gasteiger partial charge in [0.2, 0.25) is 0 Å². The highest BCUT2D eigenvalue weighted by Crippen LogP contribution is 2.48. The summed E-state index contributed by atoms with van der Waals surface area (Å²) in [6, 6.07) is 0. The lowest BCUT2D eigenvalue weighted by Crippen LogP contribution is -2.17. The van der Waals surface area contributed by atoms with Crippen LogP contribution in [0.15, 0.2) is 0 Å². The molecule has 2 aliphatic rings. The van der Waals surface area contributed by atoms with Crippen molar-refractivity contribution in [2.75, 3.05) is 0 Å². The van der Waals surface area contributed by atoms with Crippen LogP contribution in [0.25, 0.3) is 0 Å². The second-order valence-electron chi connectivity index (χ2n) is 3.89. The quantitative estimate of drug-likeness (QED) is 0.541. The van der Waals surface area contributed by atoms with Gasteiger partial charge in [-0.2, -0.15) is 0 Å². The predicted molar refractivity (Wildman–Crippen MR) is 39.6 cm³/mol. The van der Waals surface area contributed by atoms with Gasteiger partial charge < -0.3 is 0 Å². The maximum Gasteiger partial charge on any atom is 0.133 e. The second-order valence-corrected chi connectivity index (χ2v) is 3.89. The van der Waals surface area contributed by atoms with E-state index in [2.05, 4.69) is 0 Å². The smallest absolute Gasteiger partial charge is 0.133 e. The van der Waals surface area contributed by atoms with E-state index in [1.807, 2.05) is 0 Å². The van der Waals surface area contributed by atoms with Gasteiger partial charge in [0.15, 0.2) is 0 Å². The third-order valence-corrected chi connectivity index (χ3v) is 3.26. The number of carbonyl (C=O) groups is 1. The Morgan fingerprint density at radius 3 is 2.40 bits per heavy atom. The Morgan fingerprint density at radius 2 is 2.10 bits per heavy atom. The third-order valence-electron chi connectivity index (χ3n) is 3.26. The van der Waals surface area contributed by atoms with Gasteiger partial charge in [-0.15, -0.1) is 0 Å². The largest absolute Gasteiger partial charge is 0.300 e. The van der Waals surface area contributed by atoms with E-state index in [9.17, 15) is 4.79 Å². The van der Waals surface area contributed by atoms with Crippen molar-refractivity contribution < 1.29 is 4.79 Å². The maximum atomic E-state index is 11.0. The van der Waals surface area contributed by atoms with Crippen LogP contribution in [0.4, 0.5) is 0 Å². The van der Waals surface area contributed by atoms with E-state index in [1.165, 1.54) is 25.7 Å². The lowest BCUT2D eigenvalue weighted by molar-refractivity contribution is -0.122. The van der Waals surface area contributed by atoms with Crippen molar-refractivity contribution in [1.29, 1.82) is 0 Å². The molecule has 0 N–H and O–H groups in total. The zero-order valence-corrected chi connectivity index (χ0v) is 6.47. The van der Waals surface area contributed by atoms with Crippen LogP contribution >= 0.6 is 0 Å². The molecule has 0 aromatic carbocycles. The Balaban J connectivity index is 2.08. The van der Waals surface area contributed by atoms with E-state index < -0.39 is 0 Å². The van der Waals surface area contributed by atoms with Crippen molar-refractivity contribution in [2.45, 2.75) is 32.6 Å². The van der Waals surface area contributed by atoms with Crippen LogP contribution in [0.2, 0.25) is 0 Å². The van der Waals surface area contributed by atoms with Crippen LogP contribution in [-0.4, -0.2) is 5.78 Å². The zero-order chi connectivity index (χ0) is 7.14. The molecule has 0 aromatic heterocycles. The summed E-state index contributed by atoms with van der Waals surface area (Å²) in [5.74, 6) is 2.59. The predicted octanol–water partition coefficient (Wildman–Crippen LogP) is 2.01. The SMILES string of the molecule is CC(=O)C1C[C@H]2CC[C@H]1C2. The van der Waals surface area contributed by atoms with Gasteiger partial charge in [-0.25, -0.2) is 0 Å². The Hall–Kier alpha value is -0.330. The first-order valence-electron chi connectivity index (χ1n) is 4.28. The van der Waals surface area contributed by atoms with Crippen LogP contribution in [0, 0.1) is 17.8 Å². The van der Waals surface area contributed by atoms with E-state index in [1.54, 1.807) is 6.92 Å². The van der Waals surface area contributed by atoms with Crippen molar-refractivity contribution in [3.63, 3.8) is 0 Å². The number of hydrogen-bond acceptors (Lipinski definition) is 1. The number of Topliss-reactive ketones (excluding diaryl/α,β-unsaturated/α-hetero) is 1.